The second-order valence-corrected chi connectivity index (χ2v) is 3.78. The van der Waals surface area contributed by atoms with Crippen molar-refractivity contribution < 1.29 is 14.7 Å². The molecule has 1 atom stereocenters. The zero-order valence-corrected chi connectivity index (χ0v) is 10.1. The fourth-order valence-electron chi connectivity index (χ4n) is 1.24. The average Bonchev–Trinajstić information content (AvgIpc) is 2.21. The van der Waals surface area contributed by atoms with Gasteiger partial charge in [0.2, 0.25) is 0 Å². The molecule has 5 nitrogen and oxygen atoms in total. The topological polar surface area (TPSA) is 69.6 Å². The fourth-order valence-corrected chi connectivity index (χ4v) is 1.24. The summed E-state index contributed by atoms with van der Waals surface area (Å²) in [6.45, 7) is 9.41. The molecule has 0 aliphatic carbocycles. The lowest BCUT2D eigenvalue weighted by Crippen LogP contribution is -2.50. The summed E-state index contributed by atoms with van der Waals surface area (Å²) >= 11 is 0. The first-order chi connectivity index (χ1) is 7.43. The first-order valence-corrected chi connectivity index (χ1v) is 5.34. The molecule has 0 heterocycles. The van der Waals surface area contributed by atoms with E-state index in [1.807, 2.05) is 13.8 Å². The summed E-state index contributed by atoms with van der Waals surface area (Å²) in [7, 11) is 0. The number of carbonyl (C=O) groups is 2. The minimum atomic E-state index is -1.02. The van der Waals surface area contributed by atoms with Gasteiger partial charge in [0.05, 0.1) is 0 Å². The molecule has 0 rings (SSSR count). The van der Waals surface area contributed by atoms with E-state index in [1.54, 1.807) is 13.0 Å². The third kappa shape index (κ3) is 4.33. The molecule has 0 aromatic carbocycles. The maximum atomic E-state index is 11.8. The van der Waals surface area contributed by atoms with Crippen LogP contribution in [0.15, 0.2) is 12.7 Å². The molecule has 0 fully saturated rings. The third-order valence-corrected chi connectivity index (χ3v) is 2.21. The summed E-state index contributed by atoms with van der Waals surface area (Å²) in [6.07, 6.45) is 1.97. The number of urea groups is 1. The summed E-state index contributed by atoms with van der Waals surface area (Å²) in [5, 5.41) is 11.3. The highest BCUT2D eigenvalue weighted by Gasteiger charge is 2.22. The quantitative estimate of drug-likeness (QED) is 0.676. The number of rotatable bonds is 6. The maximum Gasteiger partial charge on any atom is 0.326 e. The Morgan fingerprint density at radius 2 is 2.06 bits per heavy atom. The number of nitrogens with one attached hydrogen (secondary N) is 1. The summed E-state index contributed by atoms with van der Waals surface area (Å²) in [4.78, 5) is 24.0. The number of nitrogens with zero attached hydrogens (tertiary/aromatic N) is 1. The highest BCUT2D eigenvalue weighted by molar-refractivity contribution is 5.82. The zero-order valence-electron chi connectivity index (χ0n) is 10.1. The molecule has 0 radical (unpaired) electrons. The molecule has 2 N–H and O–H groups in total. The molecule has 0 unspecified atom stereocenters. The van der Waals surface area contributed by atoms with Crippen LogP contribution in [0.4, 0.5) is 4.79 Å². The Morgan fingerprint density at radius 1 is 1.50 bits per heavy atom. The Bertz CT molecular complexity index is 264. The molecule has 92 valence electrons. The number of carboxylic acid groups (broad SMARTS) is 1. The van der Waals surface area contributed by atoms with Gasteiger partial charge in [-0.1, -0.05) is 13.0 Å². The van der Waals surface area contributed by atoms with Crippen LogP contribution >= 0.6 is 0 Å². The monoisotopic (exact) mass is 228 g/mol. The normalized spacial score (nSPS) is 12.0. The lowest BCUT2D eigenvalue weighted by Gasteiger charge is -2.27. The molecular weight excluding hydrogens is 208 g/mol. The molecule has 0 spiro atoms. The van der Waals surface area contributed by atoms with Crippen molar-refractivity contribution >= 4 is 12.0 Å². The standard InChI is InChI=1S/C11H20N2O3/c1-5-7-13(8(3)4)11(16)12-9(6-2)10(14)15/h5,8-9H,1,6-7H2,2-4H3,(H,12,16)(H,14,15)/t9-/m0/s1. The second kappa shape index (κ2) is 6.87. The van der Waals surface area contributed by atoms with Crippen molar-refractivity contribution in [3.8, 4) is 0 Å². The Morgan fingerprint density at radius 3 is 2.38 bits per heavy atom. The van der Waals surface area contributed by atoms with Crippen LogP contribution < -0.4 is 5.32 Å². The van der Waals surface area contributed by atoms with Crippen molar-refractivity contribution in [3.05, 3.63) is 12.7 Å². The fraction of sp³-hybridized carbons (Fsp3) is 0.636. The third-order valence-electron chi connectivity index (χ3n) is 2.21. The van der Waals surface area contributed by atoms with Gasteiger partial charge in [0.15, 0.2) is 0 Å². The van der Waals surface area contributed by atoms with Crippen LogP contribution in [0.1, 0.15) is 27.2 Å². The molecule has 0 saturated carbocycles. The van der Waals surface area contributed by atoms with Crippen LogP contribution in [-0.4, -0.2) is 40.6 Å². The minimum absolute atomic E-state index is 0.00398. The number of carboxylic acids is 1. The average molecular weight is 228 g/mol. The molecule has 0 bridgehead atoms. The number of carbonyl (C=O) groups excluding carboxylic acids is 1. The van der Waals surface area contributed by atoms with Gasteiger partial charge in [-0.2, -0.15) is 0 Å². The minimum Gasteiger partial charge on any atom is -0.480 e. The molecule has 5 heteroatoms. The predicted octanol–water partition coefficient (Wildman–Crippen LogP) is 1.46. The summed E-state index contributed by atoms with van der Waals surface area (Å²) in [5.41, 5.74) is 0. The van der Waals surface area contributed by atoms with Crippen LogP contribution in [0.25, 0.3) is 0 Å². The number of hydrogen-bond acceptors (Lipinski definition) is 2. The van der Waals surface area contributed by atoms with Crippen molar-refractivity contribution in [1.82, 2.24) is 10.2 Å². The summed E-state index contributed by atoms with van der Waals surface area (Å²) in [6, 6.07) is -1.20. The SMILES string of the molecule is C=CCN(C(=O)N[C@@H](CC)C(=O)O)C(C)C. The van der Waals surface area contributed by atoms with Gasteiger partial charge in [-0.3, -0.25) is 0 Å². The number of hydrogen-bond donors (Lipinski definition) is 2. The van der Waals surface area contributed by atoms with Crippen LogP contribution in [0.5, 0.6) is 0 Å². The van der Waals surface area contributed by atoms with Gasteiger partial charge in [-0.05, 0) is 20.3 Å². The van der Waals surface area contributed by atoms with Gasteiger partial charge in [0.25, 0.3) is 0 Å². The molecule has 2 amide bonds. The molecule has 0 saturated heterocycles. The van der Waals surface area contributed by atoms with E-state index in [0.717, 1.165) is 0 Å². The van der Waals surface area contributed by atoms with E-state index in [0.29, 0.717) is 13.0 Å². The van der Waals surface area contributed by atoms with E-state index in [4.69, 9.17) is 5.11 Å². The predicted molar refractivity (Wildman–Crippen MR) is 62.3 cm³/mol. The number of amides is 2. The summed E-state index contributed by atoms with van der Waals surface area (Å²) < 4.78 is 0. The van der Waals surface area contributed by atoms with Crippen molar-refractivity contribution in [2.75, 3.05) is 6.54 Å². The van der Waals surface area contributed by atoms with E-state index >= 15 is 0 Å². The molecular formula is C11H20N2O3. The first-order valence-electron chi connectivity index (χ1n) is 5.34. The van der Waals surface area contributed by atoms with Crippen LogP contribution in [0.2, 0.25) is 0 Å². The van der Waals surface area contributed by atoms with Gasteiger partial charge in [0, 0.05) is 12.6 Å². The van der Waals surface area contributed by atoms with Crippen molar-refractivity contribution in [1.29, 1.82) is 0 Å². The summed E-state index contributed by atoms with van der Waals surface area (Å²) in [5.74, 6) is -1.02. The van der Waals surface area contributed by atoms with Gasteiger partial charge < -0.3 is 15.3 Å². The van der Waals surface area contributed by atoms with Crippen molar-refractivity contribution in [2.45, 2.75) is 39.3 Å². The Labute approximate surface area is 96.1 Å². The zero-order chi connectivity index (χ0) is 12.7. The molecule has 16 heavy (non-hydrogen) atoms. The molecule has 0 aliphatic heterocycles. The second-order valence-electron chi connectivity index (χ2n) is 3.78. The smallest absolute Gasteiger partial charge is 0.326 e. The van der Waals surface area contributed by atoms with E-state index in [2.05, 4.69) is 11.9 Å². The first kappa shape index (κ1) is 14.5. The number of aliphatic carboxylic acids is 1. The lowest BCUT2D eigenvalue weighted by atomic mass is 10.2. The highest BCUT2D eigenvalue weighted by Crippen LogP contribution is 2.01. The van der Waals surface area contributed by atoms with E-state index in [9.17, 15) is 9.59 Å². The van der Waals surface area contributed by atoms with Crippen molar-refractivity contribution in [3.63, 3.8) is 0 Å². The highest BCUT2D eigenvalue weighted by atomic mass is 16.4. The van der Waals surface area contributed by atoms with E-state index in [1.165, 1.54) is 4.90 Å². The van der Waals surface area contributed by atoms with Crippen LogP contribution in [0, 0.1) is 0 Å². The Balaban J connectivity index is 4.50. The van der Waals surface area contributed by atoms with Crippen LogP contribution in [0.3, 0.4) is 0 Å². The largest absolute Gasteiger partial charge is 0.480 e. The Kier molecular flexibility index (Phi) is 6.22. The van der Waals surface area contributed by atoms with Gasteiger partial charge in [-0.15, -0.1) is 6.58 Å². The van der Waals surface area contributed by atoms with Gasteiger partial charge in [-0.25, -0.2) is 9.59 Å². The van der Waals surface area contributed by atoms with Crippen LogP contribution in [-0.2, 0) is 4.79 Å². The molecule has 0 aromatic rings. The van der Waals surface area contributed by atoms with Crippen molar-refractivity contribution in [2.24, 2.45) is 0 Å². The van der Waals surface area contributed by atoms with Gasteiger partial charge in [0.1, 0.15) is 6.04 Å². The molecule has 0 aromatic heterocycles. The van der Waals surface area contributed by atoms with E-state index in [-0.39, 0.29) is 12.1 Å². The maximum absolute atomic E-state index is 11.8. The lowest BCUT2D eigenvalue weighted by molar-refractivity contribution is -0.139. The molecule has 0 aliphatic rings. The Hall–Kier alpha value is -1.52. The van der Waals surface area contributed by atoms with Gasteiger partial charge >= 0.3 is 12.0 Å². The van der Waals surface area contributed by atoms with E-state index < -0.39 is 12.0 Å².